The summed E-state index contributed by atoms with van der Waals surface area (Å²) >= 11 is 5.64. The molecule has 1 N–H and O–H groups in total. The molecule has 0 aliphatic heterocycles. The van der Waals surface area contributed by atoms with Gasteiger partial charge in [0.1, 0.15) is 5.15 Å². The third kappa shape index (κ3) is 4.94. The fourth-order valence-corrected chi connectivity index (χ4v) is 1.52. The Kier molecular flexibility index (Phi) is 5.76. The van der Waals surface area contributed by atoms with Crippen LogP contribution in [0.15, 0.2) is 12.1 Å². The first kappa shape index (κ1) is 14.9. The lowest BCUT2D eigenvalue weighted by molar-refractivity contribution is -0.384. The molecule has 0 aromatic carbocycles. The number of hydrogen-bond acceptors (Lipinski definition) is 4. The minimum Gasteiger partial charge on any atom is -0.305 e. The van der Waals surface area contributed by atoms with Gasteiger partial charge in [-0.25, -0.2) is 4.98 Å². The maximum absolute atomic E-state index is 11.6. The molecule has 1 amide bonds. The standard InChI is InChI=1S/C12H12ClN3O3/c1-2-3-4-5-6-11(17)15-12-9(16(18)19)7-8-10(13)14-12/h1,7-8H,3-6H2,(H,14,15,17). The molecular formula is C12H12ClN3O3. The first-order valence-electron chi connectivity index (χ1n) is 5.59. The fourth-order valence-electron chi connectivity index (χ4n) is 1.37. The number of anilines is 1. The number of carbonyl (C=O) groups is 1. The summed E-state index contributed by atoms with van der Waals surface area (Å²) in [5, 5.41) is 13.2. The van der Waals surface area contributed by atoms with Crippen LogP contribution < -0.4 is 5.32 Å². The number of pyridine rings is 1. The van der Waals surface area contributed by atoms with Gasteiger partial charge in [-0.3, -0.25) is 14.9 Å². The summed E-state index contributed by atoms with van der Waals surface area (Å²) in [5.74, 6) is 1.98. The third-order valence-corrected chi connectivity index (χ3v) is 2.48. The molecule has 6 nitrogen and oxygen atoms in total. The number of aromatic nitrogens is 1. The zero-order valence-electron chi connectivity index (χ0n) is 10.1. The molecule has 1 heterocycles. The van der Waals surface area contributed by atoms with E-state index in [1.54, 1.807) is 0 Å². The summed E-state index contributed by atoms with van der Waals surface area (Å²) in [6.45, 7) is 0. The summed E-state index contributed by atoms with van der Waals surface area (Å²) in [7, 11) is 0. The highest BCUT2D eigenvalue weighted by atomic mass is 35.5. The Morgan fingerprint density at radius 1 is 1.53 bits per heavy atom. The van der Waals surface area contributed by atoms with Crippen LogP contribution in [0.3, 0.4) is 0 Å². The molecular weight excluding hydrogens is 270 g/mol. The zero-order chi connectivity index (χ0) is 14.3. The normalized spacial score (nSPS) is 9.68. The highest BCUT2D eigenvalue weighted by molar-refractivity contribution is 6.29. The topological polar surface area (TPSA) is 85.1 Å². The summed E-state index contributed by atoms with van der Waals surface area (Å²) < 4.78 is 0. The minimum absolute atomic E-state index is 0.0771. The van der Waals surface area contributed by atoms with Crippen LogP contribution in [0.25, 0.3) is 0 Å². The van der Waals surface area contributed by atoms with E-state index in [1.165, 1.54) is 12.1 Å². The molecule has 0 spiro atoms. The van der Waals surface area contributed by atoms with E-state index >= 15 is 0 Å². The Labute approximate surface area is 115 Å². The minimum atomic E-state index is -0.628. The number of nitrogens with zero attached hydrogens (tertiary/aromatic N) is 2. The van der Waals surface area contributed by atoms with E-state index in [0.717, 1.165) is 6.42 Å². The lowest BCUT2D eigenvalue weighted by Crippen LogP contribution is -2.13. The molecule has 7 heteroatoms. The van der Waals surface area contributed by atoms with E-state index in [-0.39, 0.29) is 29.0 Å². The molecule has 0 atom stereocenters. The number of nitrogens with one attached hydrogen (secondary N) is 1. The molecule has 19 heavy (non-hydrogen) atoms. The van der Waals surface area contributed by atoms with Gasteiger partial charge in [-0.15, -0.1) is 12.3 Å². The van der Waals surface area contributed by atoms with Crippen molar-refractivity contribution in [2.45, 2.75) is 25.7 Å². The van der Waals surface area contributed by atoms with Crippen LogP contribution in [-0.4, -0.2) is 15.8 Å². The summed E-state index contributed by atoms with van der Waals surface area (Å²) in [5.41, 5.74) is -0.290. The lowest BCUT2D eigenvalue weighted by Gasteiger charge is -2.05. The van der Waals surface area contributed by atoms with Crippen LogP contribution in [-0.2, 0) is 4.79 Å². The van der Waals surface area contributed by atoms with Gasteiger partial charge in [-0.05, 0) is 18.9 Å². The average molecular weight is 282 g/mol. The predicted octanol–water partition coefficient (Wildman–Crippen LogP) is 2.78. The van der Waals surface area contributed by atoms with Crippen molar-refractivity contribution >= 4 is 29.0 Å². The number of unbranched alkanes of at least 4 members (excludes halogenated alkanes) is 2. The number of nitro groups is 1. The molecule has 0 fully saturated rings. The van der Waals surface area contributed by atoms with Crippen molar-refractivity contribution in [1.29, 1.82) is 0 Å². The van der Waals surface area contributed by atoms with E-state index in [0.29, 0.717) is 12.8 Å². The summed E-state index contributed by atoms with van der Waals surface area (Å²) in [6, 6.07) is 2.49. The highest BCUT2D eigenvalue weighted by Crippen LogP contribution is 2.24. The second-order valence-electron chi connectivity index (χ2n) is 3.72. The Hall–Kier alpha value is -2.13. The maximum Gasteiger partial charge on any atom is 0.311 e. The second kappa shape index (κ2) is 7.34. The van der Waals surface area contributed by atoms with Gasteiger partial charge in [-0.2, -0.15) is 0 Å². The van der Waals surface area contributed by atoms with Crippen LogP contribution >= 0.6 is 11.6 Å². The molecule has 1 rings (SSSR count). The van der Waals surface area contributed by atoms with Crippen molar-refractivity contribution in [3.05, 3.63) is 27.4 Å². The number of terminal acetylenes is 1. The number of amides is 1. The van der Waals surface area contributed by atoms with Crippen molar-refractivity contribution in [3.8, 4) is 12.3 Å². The van der Waals surface area contributed by atoms with Crippen LogP contribution in [0.4, 0.5) is 11.5 Å². The molecule has 0 aliphatic carbocycles. The van der Waals surface area contributed by atoms with E-state index in [2.05, 4.69) is 16.2 Å². The molecule has 0 unspecified atom stereocenters. The second-order valence-corrected chi connectivity index (χ2v) is 4.11. The molecule has 100 valence electrons. The van der Waals surface area contributed by atoms with Crippen molar-refractivity contribution in [1.82, 2.24) is 4.98 Å². The van der Waals surface area contributed by atoms with Gasteiger partial charge in [0.15, 0.2) is 0 Å². The summed E-state index contributed by atoms with van der Waals surface area (Å²) in [6.07, 6.45) is 7.26. The molecule has 0 radical (unpaired) electrons. The van der Waals surface area contributed by atoms with Crippen LogP contribution in [0.1, 0.15) is 25.7 Å². The molecule has 0 aliphatic rings. The highest BCUT2D eigenvalue weighted by Gasteiger charge is 2.17. The number of hydrogen-bond donors (Lipinski definition) is 1. The molecule has 0 saturated carbocycles. The molecule has 0 saturated heterocycles. The Morgan fingerprint density at radius 2 is 2.26 bits per heavy atom. The van der Waals surface area contributed by atoms with Gasteiger partial charge in [0, 0.05) is 18.9 Å². The Balaban J connectivity index is 2.65. The third-order valence-electron chi connectivity index (χ3n) is 2.27. The Bertz CT molecular complexity index is 525. The molecule has 1 aromatic rings. The Morgan fingerprint density at radius 3 is 2.89 bits per heavy atom. The van der Waals surface area contributed by atoms with Gasteiger partial charge in [0.05, 0.1) is 4.92 Å². The van der Waals surface area contributed by atoms with Crippen LogP contribution in [0.2, 0.25) is 5.15 Å². The number of carbonyl (C=O) groups excluding carboxylic acids is 1. The molecule has 1 aromatic heterocycles. The smallest absolute Gasteiger partial charge is 0.305 e. The van der Waals surface area contributed by atoms with Gasteiger partial charge in [0.25, 0.3) is 0 Å². The summed E-state index contributed by atoms with van der Waals surface area (Å²) in [4.78, 5) is 25.5. The van der Waals surface area contributed by atoms with Gasteiger partial charge in [-0.1, -0.05) is 11.6 Å². The van der Waals surface area contributed by atoms with Gasteiger partial charge in [0.2, 0.25) is 11.7 Å². The van der Waals surface area contributed by atoms with Crippen molar-refractivity contribution in [2.75, 3.05) is 5.32 Å². The van der Waals surface area contributed by atoms with Crippen molar-refractivity contribution < 1.29 is 9.72 Å². The van der Waals surface area contributed by atoms with Crippen LogP contribution in [0, 0.1) is 22.5 Å². The van der Waals surface area contributed by atoms with Crippen molar-refractivity contribution in [2.24, 2.45) is 0 Å². The largest absolute Gasteiger partial charge is 0.311 e. The number of rotatable bonds is 6. The monoisotopic (exact) mass is 281 g/mol. The van der Waals surface area contributed by atoms with Crippen LogP contribution in [0.5, 0.6) is 0 Å². The van der Waals surface area contributed by atoms with Gasteiger partial charge < -0.3 is 5.32 Å². The van der Waals surface area contributed by atoms with E-state index in [1.807, 2.05) is 0 Å². The van der Waals surface area contributed by atoms with E-state index in [4.69, 9.17) is 18.0 Å². The first-order chi connectivity index (χ1) is 9.04. The quantitative estimate of drug-likeness (QED) is 0.286. The van der Waals surface area contributed by atoms with Gasteiger partial charge >= 0.3 is 5.69 Å². The predicted molar refractivity (Wildman–Crippen MR) is 71.8 cm³/mol. The van der Waals surface area contributed by atoms with E-state index < -0.39 is 4.92 Å². The average Bonchev–Trinajstić information content (AvgIpc) is 2.34. The number of halogens is 1. The van der Waals surface area contributed by atoms with Crippen molar-refractivity contribution in [3.63, 3.8) is 0 Å². The van der Waals surface area contributed by atoms with E-state index in [9.17, 15) is 14.9 Å². The zero-order valence-corrected chi connectivity index (χ0v) is 10.8. The first-order valence-corrected chi connectivity index (χ1v) is 5.96. The maximum atomic E-state index is 11.6. The lowest BCUT2D eigenvalue weighted by atomic mass is 10.2. The molecule has 0 bridgehead atoms. The SMILES string of the molecule is C#CCCCCC(=O)Nc1nc(Cl)ccc1[N+](=O)[O-]. The fraction of sp³-hybridized carbons (Fsp3) is 0.333.